The second kappa shape index (κ2) is 11.8. The minimum atomic E-state index is -1.02. The molecule has 1 atom stereocenters. The number of ether oxygens (including phenoxy) is 2. The molecule has 3 aromatic carbocycles. The summed E-state index contributed by atoms with van der Waals surface area (Å²) in [6, 6.07) is 21.6. The van der Waals surface area contributed by atoms with Crippen molar-refractivity contribution in [3.05, 3.63) is 89.5 Å². The van der Waals surface area contributed by atoms with E-state index < -0.39 is 23.9 Å². The van der Waals surface area contributed by atoms with Crippen LogP contribution < -0.4 is 15.4 Å². The maximum atomic E-state index is 12.6. The molecule has 0 fully saturated rings. The van der Waals surface area contributed by atoms with E-state index in [-0.39, 0.29) is 12.5 Å². The van der Waals surface area contributed by atoms with Gasteiger partial charge in [0.2, 0.25) is 0 Å². The van der Waals surface area contributed by atoms with E-state index in [9.17, 15) is 14.4 Å². The second-order valence-corrected chi connectivity index (χ2v) is 8.44. The van der Waals surface area contributed by atoms with Gasteiger partial charge in [-0.25, -0.2) is 0 Å². The molecule has 0 aliphatic carbocycles. The molecule has 3 aromatic rings. The first-order chi connectivity index (χ1) is 16.7. The highest BCUT2D eigenvalue weighted by atomic mass is 16.5. The van der Waals surface area contributed by atoms with E-state index in [0.29, 0.717) is 17.1 Å². The summed E-state index contributed by atoms with van der Waals surface area (Å²) in [7, 11) is 0. The van der Waals surface area contributed by atoms with Crippen LogP contribution in [0.3, 0.4) is 0 Å². The van der Waals surface area contributed by atoms with Gasteiger partial charge in [0, 0.05) is 11.3 Å². The maximum absolute atomic E-state index is 12.6. The lowest BCUT2D eigenvalue weighted by molar-refractivity contribution is -0.152. The Morgan fingerprint density at radius 3 is 2.14 bits per heavy atom. The first kappa shape index (κ1) is 25.5. The lowest BCUT2D eigenvalue weighted by atomic mass is 9.98. The molecule has 0 heterocycles. The third-order valence-electron chi connectivity index (χ3n) is 5.34. The zero-order chi connectivity index (χ0) is 25.4. The van der Waals surface area contributed by atoms with Crippen molar-refractivity contribution in [1.82, 2.24) is 5.32 Å². The van der Waals surface area contributed by atoms with Gasteiger partial charge in [-0.15, -0.1) is 0 Å². The summed E-state index contributed by atoms with van der Waals surface area (Å²) < 4.78 is 10.9. The average molecular weight is 475 g/mol. The molecule has 0 aliphatic rings. The Hall–Kier alpha value is -4.13. The van der Waals surface area contributed by atoms with E-state index in [1.807, 2.05) is 69.3 Å². The third-order valence-corrected chi connectivity index (χ3v) is 5.34. The zero-order valence-corrected chi connectivity index (χ0v) is 20.3. The number of carbonyl (C=O) groups excluding carboxylic acids is 3. The molecule has 0 spiro atoms. The van der Waals surface area contributed by atoms with Crippen LogP contribution in [0.25, 0.3) is 0 Å². The van der Waals surface area contributed by atoms with Gasteiger partial charge in [-0.1, -0.05) is 50.2 Å². The van der Waals surface area contributed by atoms with Crippen molar-refractivity contribution < 1.29 is 23.9 Å². The number of aryl methyl sites for hydroxylation is 1. The quantitative estimate of drug-likeness (QED) is 0.415. The smallest absolute Gasteiger partial charge is 0.326 e. The monoisotopic (exact) mass is 474 g/mol. The molecule has 182 valence electrons. The predicted octanol–water partition coefficient (Wildman–Crippen LogP) is 5.21. The number of rotatable bonds is 9. The van der Waals surface area contributed by atoms with Crippen molar-refractivity contribution in [1.29, 1.82) is 0 Å². The van der Waals surface area contributed by atoms with Crippen molar-refractivity contribution in [2.24, 2.45) is 0 Å². The normalized spacial score (nSPS) is 11.5. The van der Waals surface area contributed by atoms with E-state index in [2.05, 4.69) is 10.6 Å². The summed E-state index contributed by atoms with van der Waals surface area (Å²) in [6.45, 7) is 7.13. The number of hydrogen-bond donors (Lipinski definition) is 2. The Morgan fingerprint density at radius 2 is 1.49 bits per heavy atom. The van der Waals surface area contributed by atoms with Gasteiger partial charge in [-0.2, -0.15) is 0 Å². The molecule has 0 saturated carbocycles. The molecule has 7 nitrogen and oxygen atoms in total. The van der Waals surface area contributed by atoms with Gasteiger partial charge in [0.25, 0.3) is 11.8 Å². The number of amides is 2. The van der Waals surface area contributed by atoms with Crippen LogP contribution in [0, 0.1) is 6.92 Å². The fourth-order valence-corrected chi connectivity index (χ4v) is 3.41. The summed E-state index contributed by atoms with van der Waals surface area (Å²) in [6.07, 6.45) is -1.02. The summed E-state index contributed by atoms with van der Waals surface area (Å²) in [5.41, 5.74) is 3.02. The molecular weight excluding hydrogens is 444 g/mol. The molecule has 1 unspecified atom stereocenters. The van der Waals surface area contributed by atoms with Gasteiger partial charge in [0.15, 0.2) is 6.10 Å². The maximum Gasteiger partial charge on any atom is 0.326 e. The van der Waals surface area contributed by atoms with Gasteiger partial charge in [-0.05, 0) is 67.3 Å². The van der Waals surface area contributed by atoms with Crippen molar-refractivity contribution in [3.63, 3.8) is 0 Å². The van der Waals surface area contributed by atoms with E-state index in [0.717, 1.165) is 16.8 Å². The summed E-state index contributed by atoms with van der Waals surface area (Å²) in [5, 5.41) is 5.37. The minimum Gasteiger partial charge on any atom is -0.457 e. The van der Waals surface area contributed by atoms with Gasteiger partial charge in [0.1, 0.15) is 18.0 Å². The molecule has 0 saturated heterocycles. The highest BCUT2D eigenvalue weighted by Gasteiger charge is 2.21. The van der Waals surface area contributed by atoms with Crippen molar-refractivity contribution in [2.45, 2.75) is 39.7 Å². The number of esters is 1. The summed E-state index contributed by atoms with van der Waals surface area (Å²) >= 11 is 0. The van der Waals surface area contributed by atoms with Gasteiger partial charge in [0.05, 0.1) is 0 Å². The summed E-state index contributed by atoms with van der Waals surface area (Å²) in [5.74, 6) is -0.0902. The van der Waals surface area contributed by atoms with Crippen LogP contribution in [-0.4, -0.2) is 30.4 Å². The first-order valence-corrected chi connectivity index (χ1v) is 11.5. The van der Waals surface area contributed by atoms with Gasteiger partial charge >= 0.3 is 5.97 Å². The number of anilines is 1. The molecule has 7 heteroatoms. The van der Waals surface area contributed by atoms with E-state index in [4.69, 9.17) is 9.47 Å². The Labute approximate surface area is 205 Å². The van der Waals surface area contributed by atoms with Crippen LogP contribution in [0.2, 0.25) is 0 Å². The van der Waals surface area contributed by atoms with E-state index in [1.54, 1.807) is 24.3 Å². The largest absolute Gasteiger partial charge is 0.457 e. The van der Waals surface area contributed by atoms with E-state index in [1.165, 1.54) is 6.92 Å². The topological polar surface area (TPSA) is 93.7 Å². The molecule has 2 amide bonds. The molecule has 3 rings (SSSR count). The van der Waals surface area contributed by atoms with Crippen LogP contribution in [0.4, 0.5) is 5.69 Å². The van der Waals surface area contributed by atoms with Crippen LogP contribution in [-0.2, 0) is 14.3 Å². The molecule has 0 radical (unpaired) electrons. The number of benzene rings is 3. The van der Waals surface area contributed by atoms with Crippen molar-refractivity contribution >= 4 is 23.5 Å². The van der Waals surface area contributed by atoms with Gasteiger partial charge < -0.3 is 20.1 Å². The summed E-state index contributed by atoms with van der Waals surface area (Å²) in [4.78, 5) is 37.2. The van der Waals surface area contributed by atoms with E-state index >= 15 is 0 Å². The molecule has 2 N–H and O–H groups in total. The van der Waals surface area contributed by atoms with Crippen LogP contribution in [0.15, 0.2) is 72.8 Å². The molecule has 35 heavy (non-hydrogen) atoms. The highest BCUT2D eigenvalue weighted by molar-refractivity contribution is 5.98. The number of hydrogen-bond acceptors (Lipinski definition) is 5. The van der Waals surface area contributed by atoms with Crippen LogP contribution in [0.1, 0.15) is 48.2 Å². The number of carbonyl (C=O) groups is 3. The van der Waals surface area contributed by atoms with Crippen molar-refractivity contribution in [3.8, 4) is 11.5 Å². The van der Waals surface area contributed by atoms with Crippen LogP contribution in [0.5, 0.6) is 11.5 Å². The van der Waals surface area contributed by atoms with Gasteiger partial charge in [-0.3, -0.25) is 14.4 Å². The first-order valence-electron chi connectivity index (χ1n) is 11.5. The SMILES string of the molecule is Cc1cccc(C(C)C)c1NC(=O)C(C)OC(=O)CNC(=O)c1ccc(Oc2ccccc2)cc1. The Morgan fingerprint density at radius 1 is 0.829 bits per heavy atom. The molecule has 0 bridgehead atoms. The molecule has 0 aliphatic heterocycles. The Balaban J connectivity index is 1.49. The highest BCUT2D eigenvalue weighted by Crippen LogP contribution is 2.27. The number of para-hydroxylation sites is 2. The Kier molecular flexibility index (Phi) is 8.62. The molecule has 0 aromatic heterocycles. The second-order valence-electron chi connectivity index (χ2n) is 8.44. The zero-order valence-electron chi connectivity index (χ0n) is 20.3. The third kappa shape index (κ3) is 7.17. The Bertz CT molecular complexity index is 1170. The molecular formula is C28H30N2O5. The fourth-order valence-electron chi connectivity index (χ4n) is 3.41. The standard InChI is InChI=1S/C28H30N2O5/c1-18(2)24-12-8-9-19(3)26(24)30-27(32)20(4)34-25(31)17-29-28(33)21-13-15-23(16-14-21)35-22-10-6-5-7-11-22/h5-16,18,20H,17H2,1-4H3,(H,29,33)(H,30,32). The fraction of sp³-hybridized carbons (Fsp3) is 0.250. The minimum absolute atomic E-state index is 0.220. The number of nitrogens with one attached hydrogen (secondary N) is 2. The van der Waals surface area contributed by atoms with Crippen LogP contribution >= 0.6 is 0 Å². The lowest BCUT2D eigenvalue weighted by Gasteiger charge is -2.19. The lowest BCUT2D eigenvalue weighted by Crippen LogP contribution is -2.36. The average Bonchev–Trinajstić information content (AvgIpc) is 2.84. The predicted molar refractivity (Wildman–Crippen MR) is 135 cm³/mol. The van der Waals surface area contributed by atoms with Crippen molar-refractivity contribution in [2.75, 3.05) is 11.9 Å².